The van der Waals surface area contributed by atoms with E-state index in [1.807, 2.05) is 38.1 Å². The van der Waals surface area contributed by atoms with Gasteiger partial charge in [-0.25, -0.2) is 0 Å². The summed E-state index contributed by atoms with van der Waals surface area (Å²) < 4.78 is 0. The molecule has 7 heteroatoms. The summed E-state index contributed by atoms with van der Waals surface area (Å²) in [5.41, 5.74) is 1.96. The monoisotopic (exact) mass is 383 g/mol. The first kappa shape index (κ1) is 19.0. The van der Waals surface area contributed by atoms with Crippen molar-refractivity contribution in [3.63, 3.8) is 0 Å². The van der Waals surface area contributed by atoms with Crippen LogP contribution in [0.5, 0.6) is 0 Å². The normalized spacial score (nSPS) is 15.7. The average Bonchev–Trinajstić information content (AvgIpc) is 2.62. The first-order chi connectivity index (χ1) is 12.9. The summed E-state index contributed by atoms with van der Waals surface area (Å²) in [7, 11) is 0. The second-order valence-electron chi connectivity index (χ2n) is 6.57. The van der Waals surface area contributed by atoms with Crippen LogP contribution in [0.25, 0.3) is 0 Å². The minimum atomic E-state index is -0.483. The quantitative estimate of drug-likeness (QED) is 0.734. The molecule has 0 aliphatic carbocycles. The fraction of sp³-hybridized carbons (Fsp3) is 0.250. The van der Waals surface area contributed by atoms with E-state index in [1.54, 1.807) is 24.3 Å². The van der Waals surface area contributed by atoms with Gasteiger partial charge in [0.05, 0.1) is 10.9 Å². The third kappa shape index (κ3) is 4.89. The fourth-order valence-electron chi connectivity index (χ4n) is 2.57. The van der Waals surface area contributed by atoms with Crippen LogP contribution in [-0.4, -0.2) is 23.0 Å². The van der Waals surface area contributed by atoms with Crippen molar-refractivity contribution in [2.75, 3.05) is 16.0 Å². The van der Waals surface area contributed by atoms with E-state index in [-0.39, 0.29) is 30.1 Å². The van der Waals surface area contributed by atoms with Crippen LogP contribution in [0.2, 0.25) is 0 Å². The molecule has 1 heterocycles. The molecule has 0 spiro atoms. The predicted molar refractivity (Wildman–Crippen MR) is 108 cm³/mol. The van der Waals surface area contributed by atoms with Gasteiger partial charge in [0.15, 0.2) is 0 Å². The number of amides is 3. The smallest absolute Gasteiger partial charge is 0.238 e. The molecule has 0 fully saturated rings. The van der Waals surface area contributed by atoms with Crippen molar-refractivity contribution in [2.45, 2.75) is 30.4 Å². The molecule has 3 amide bonds. The number of carbonyl (C=O) groups is 3. The number of anilines is 3. The van der Waals surface area contributed by atoms with E-state index >= 15 is 0 Å². The van der Waals surface area contributed by atoms with Gasteiger partial charge in [-0.1, -0.05) is 32.0 Å². The Bertz CT molecular complexity index is 882. The SMILES string of the molecule is CC(C)C(=O)Nc1cccc(NC(=O)CC2Sc3ccccc3NC2=O)c1. The maximum Gasteiger partial charge on any atom is 0.238 e. The van der Waals surface area contributed by atoms with Crippen molar-refractivity contribution >= 4 is 46.5 Å². The third-order valence-corrected chi connectivity index (χ3v) is 5.29. The molecule has 3 rings (SSSR count). The van der Waals surface area contributed by atoms with Gasteiger partial charge in [0.1, 0.15) is 0 Å². The van der Waals surface area contributed by atoms with E-state index in [4.69, 9.17) is 0 Å². The Balaban J connectivity index is 1.61. The maximum absolute atomic E-state index is 12.4. The molecule has 2 aromatic rings. The van der Waals surface area contributed by atoms with Crippen LogP contribution >= 0.6 is 11.8 Å². The van der Waals surface area contributed by atoms with Gasteiger partial charge >= 0.3 is 0 Å². The topological polar surface area (TPSA) is 87.3 Å². The third-order valence-electron chi connectivity index (χ3n) is 4.02. The second kappa shape index (κ2) is 8.26. The van der Waals surface area contributed by atoms with Crippen molar-refractivity contribution in [1.82, 2.24) is 0 Å². The van der Waals surface area contributed by atoms with Gasteiger partial charge in [-0.05, 0) is 30.3 Å². The van der Waals surface area contributed by atoms with Gasteiger partial charge in [-0.15, -0.1) is 11.8 Å². The molecule has 1 aliphatic heterocycles. The van der Waals surface area contributed by atoms with Crippen molar-refractivity contribution in [2.24, 2.45) is 5.92 Å². The summed E-state index contributed by atoms with van der Waals surface area (Å²) in [4.78, 5) is 37.4. The first-order valence-corrected chi connectivity index (χ1v) is 9.57. The highest BCUT2D eigenvalue weighted by Gasteiger charge is 2.28. The molecule has 1 atom stereocenters. The highest BCUT2D eigenvalue weighted by molar-refractivity contribution is 8.01. The minimum absolute atomic E-state index is 0.0629. The standard InChI is InChI=1S/C20H21N3O3S/c1-12(2)19(25)22-14-7-5-6-13(10-14)21-18(24)11-17-20(26)23-15-8-3-4-9-16(15)27-17/h3-10,12,17H,11H2,1-2H3,(H,21,24)(H,22,25)(H,23,26). The number of carbonyl (C=O) groups excluding carboxylic acids is 3. The lowest BCUT2D eigenvalue weighted by atomic mass is 10.2. The molecular weight excluding hydrogens is 362 g/mol. The molecule has 0 radical (unpaired) electrons. The van der Waals surface area contributed by atoms with Crippen LogP contribution in [0.1, 0.15) is 20.3 Å². The highest BCUT2D eigenvalue weighted by atomic mass is 32.2. The minimum Gasteiger partial charge on any atom is -0.326 e. The van der Waals surface area contributed by atoms with Crippen LogP contribution < -0.4 is 16.0 Å². The van der Waals surface area contributed by atoms with Crippen LogP contribution in [0, 0.1) is 5.92 Å². The molecule has 0 aromatic heterocycles. The van der Waals surface area contributed by atoms with Gasteiger partial charge in [0.25, 0.3) is 0 Å². The van der Waals surface area contributed by atoms with Crippen LogP contribution in [0.3, 0.4) is 0 Å². The summed E-state index contributed by atoms with van der Waals surface area (Å²) >= 11 is 1.39. The van der Waals surface area contributed by atoms with Gasteiger partial charge in [0, 0.05) is 28.6 Å². The molecule has 2 aromatic carbocycles. The van der Waals surface area contributed by atoms with Gasteiger partial charge in [-0.3, -0.25) is 14.4 Å². The van der Waals surface area contributed by atoms with Crippen LogP contribution in [0.15, 0.2) is 53.4 Å². The first-order valence-electron chi connectivity index (χ1n) is 8.69. The van der Waals surface area contributed by atoms with Crippen molar-refractivity contribution in [3.05, 3.63) is 48.5 Å². The average molecular weight is 383 g/mol. The largest absolute Gasteiger partial charge is 0.326 e. The van der Waals surface area contributed by atoms with Gasteiger partial charge < -0.3 is 16.0 Å². The number of thioether (sulfide) groups is 1. The van der Waals surface area contributed by atoms with E-state index in [0.717, 1.165) is 10.6 Å². The molecule has 0 saturated heterocycles. The van der Waals surface area contributed by atoms with Crippen LogP contribution in [0.4, 0.5) is 17.1 Å². The summed E-state index contributed by atoms with van der Waals surface area (Å²) in [6.07, 6.45) is 0.0629. The number of para-hydroxylation sites is 1. The van der Waals surface area contributed by atoms with Crippen molar-refractivity contribution in [1.29, 1.82) is 0 Å². The van der Waals surface area contributed by atoms with E-state index in [0.29, 0.717) is 11.4 Å². The van der Waals surface area contributed by atoms with Crippen LogP contribution in [-0.2, 0) is 14.4 Å². The molecule has 0 saturated carbocycles. The maximum atomic E-state index is 12.4. The Morgan fingerprint density at radius 1 is 1.07 bits per heavy atom. The molecule has 140 valence electrons. The lowest BCUT2D eigenvalue weighted by Crippen LogP contribution is -2.32. The summed E-state index contributed by atoms with van der Waals surface area (Å²) in [5, 5.41) is 7.94. The number of benzene rings is 2. The molecule has 0 bridgehead atoms. The number of fused-ring (bicyclic) bond motifs is 1. The number of hydrogen-bond donors (Lipinski definition) is 3. The predicted octanol–water partition coefficient (Wildman–Crippen LogP) is 3.72. The van der Waals surface area contributed by atoms with E-state index in [9.17, 15) is 14.4 Å². The molecule has 1 unspecified atom stereocenters. The highest BCUT2D eigenvalue weighted by Crippen LogP contribution is 2.36. The summed E-state index contributed by atoms with van der Waals surface area (Å²) in [6, 6.07) is 14.5. The lowest BCUT2D eigenvalue weighted by molar-refractivity contribution is -0.120. The van der Waals surface area contributed by atoms with Gasteiger partial charge in [0.2, 0.25) is 17.7 Å². The fourth-order valence-corrected chi connectivity index (χ4v) is 3.68. The van der Waals surface area contributed by atoms with Crippen molar-refractivity contribution < 1.29 is 14.4 Å². The Morgan fingerprint density at radius 3 is 2.52 bits per heavy atom. The zero-order chi connectivity index (χ0) is 19.4. The Morgan fingerprint density at radius 2 is 1.78 bits per heavy atom. The Kier molecular flexibility index (Phi) is 5.81. The molecular formula is C20H21N3O3S. The Hall–Kier alpha value is -2.80. The van der Waals surface area contributed by atoms with Gasteiger partial charge in [-0.2, -0.15) is 0 Å². The zero-order valence-electron chi connectivity index (χ0n) is 15.1. The van der Waals surface area contributed by atoms with Crippen molar-refractivity contribution in [3.8, 4) is 0 Å². The molecule has 27 heavy (non-hydrogen) atoms. The molecule has 1 aliphatic rings. The summed E-state index contributed by atoms with van der Waals surface area (Å²) in [6.45, 7) is 3.62. The number of rotatable bonds is 5. The van der Waals surface area contributed by atoms with E-state index in [1.165, 1.54) is 11.8 Å². The van der Waals surface area contributed by atoms with E-state index < -0.39 is 5.25 Å². The molecule has 6 nitrogen and oxygen atoms in total. The second-order valence-corrected chi connectivity index (χ2v) is 7.81. The Labute approximate surface area is 162 Å². The zero-order valence-corrected chi connectivity index (χ0v) is 15.9. The summed E-state index contributed by atoms with van der Waals surface area (Å²) in [5.74, 6) is -0.651. The lowest BCUT2D eigenvalue weighted by Gasteiger charge is -2.23. The molecule has 3 N–H and O–H groups in total. The number of nitrogens with one attached hydrogen (secondary N) is 3. The van der Waals surface area contributed by atoms with E-state index in [2.05, 4.69) is 16.0 Å². The number of hydrogen-bond acceptors (Lipinski definition) is 4.